The zero-order chi connectivity index (χ0) is 17.3. The Balaban J connectivity index is 1.73. The lowest BCUT2D eigenvalue weighted by atomic mass is 9.99. The second-order valence-corrected chi connectivity index (χ2v) is 5.98. The number of benzene rings is 1. The Kier molecular flexibility index (Phi) is 4.62. The van der Waals surface area contributed by atoms with Gasteiger partial charge in [0.1, 0.15) is 5.82 Å². The van der Waals surface area contributed by atoms with Gasteiger partial charge in [-0.05, 0) is 37.0 Å². The van der Waals surface area contributed by atoms with Gasteiger partial charge in [-0.15, -0.1) is 0 Å². The first kappa shape index (κ1) is 17.0. The zero-order valence-electron chi connectivity index (χ0n) is 13.3. The SMILES string of the molecule is CCc1ncn2c1C(CCc1ccc(C(F)(F)F)c(F)c1)NCC2. The molecule has 0 spiro atoms. The van der Waals surface area contributed by atoms with Crippen molar-refractivity contribution in [2.24, 2.45) is 0 Å². The molecule has 7 heteroatoms. The maximum Gasteiger partial charge on any atom is 0.419 e. The summed E-state index contributed by atoms with van der Waals surface area (Å²) in [5.41, 5.74) is 1.52. The molecule has 1 aromatic carbocycles. The molecule has 3 rings (SSSR count). The van der Waals surface area contributed by atoms with Crippen molar-refractivity contribution in [1.82, 2.24) is 14.9 Å². The Bertz CT molecular complexity index is 708. The average Bonchev–Trinajstić information content (AvgIpc) is 2.95. The number of rotatable bonds is 4. The normalized spacial score (nSPS) is 17.8. The number of hydrogen-bond acceptors (Lipinski definition) is 2. The molecular formula is C17H19F4N3. The van der Waals surface area contributed by atoms with Gasteiger partial charge in [0.05, 0.1) is 23.3 Å². The Morgan fingerprint density at radius 2 is 2.12 bits per heavy atom. The highest BCUT2D eigenvalue weighted by Crippen LogP contribution is 2.32. The third-order valence-corrected chi connectivity index (χ3v) is 4.43. The van der Waals surface area contributed by atoms with Crippen molar-refractivity contribution in [3.63, 3.8) is 0 Å². The number of imidazole rings is 1. The molecule has 130 valence electrons. The molecule has 0 saturated heterocycles. The molecule has 0 aliphatic carbocycles. The molecule has 1 aliphatic rings. The summed E-state index contributed by atoms with van der Waals surface area (Å²) in [6.45, 7) is 3.71. The molecule has 0 radical (unpaired) electrons. The Morgan fingerprint density at radius 3 is 2.79 bits per heavy atom. The molecule has 0 bridgehead atoms. The van der Waals surface area contributed by atoms with Crippen LogP contribution in [0.15, 0.2) is 24.5 Å². The first-order valence-corrected chi connectivity index (χ1v) is 8.03. The van der Waals surface area contributed by atoms with Crippen molar-refractivity contribution in [2.45, 2.75) is 44.9 Å². The van der Waals surface area contributed by atoms with Gasteiger partial charge in [0.15, 0.2) is 0 Å². The van der Waals surface area contributed by atoms with Gasteiger partial charge in [-0.3, -0.25) is 0 Å². The number of fused-ring (bicyclic) bond motifs is 1. The highest BCUT2D eigenvalue weighted by Gasteiger charge is 2.34. The first-order chi connectivity index (χ1) is 11.4. The molecular weight excluding hydrogens is 322 g/mol. The lowest BCUT2D eigenvalue weighted by molar-refractivity contribution is -0.140. The quantitative estimate of drug-likeness (QED) is 0.856. The van der Waals surface area contributed by atoms with E-state index in [4.69, 9.17) is 0 Å². The van der Waals surface area contributed by atoms with Gasteiger partial charge in [0.2, 0.25) is 0 Å². The van der Waals surface area contributed by atoms with E-state index in [2.05, 4.69) is 14.9 Å². The van der Waals surface area contributed by atoms with Crippen molar-refractivity contribution in [1.29, 1.82) is 0 Å². The first-order valence-electron chi connectivity index (χ1n) is 8.03. The fraction of sp³-hybridized carbons (Fsp3) is 0.471. The highest BCUT2D eigenvalue weighted by atomic mass is 19.4. The second kappa shape index (κ2) is 6.55. The van der Waals surface area contributed by atoms with Crippen LogP contribution in [0, 0.1) is 5.82 Å². The maximum atomic E-state index is 13.7. The molecule has 1 aliphatic heterocycles. The summed E-state index contributed by atoms with van der Waals surface area (Å²) < 4.78 is 53.6. The van der Waals surface area contributed by atoms with E-state index in [1.165, 1.54) is 6.07 Å². The van der Waals surface area contributed by atoms with Crippen LogP contribution in [0.2, 0.25) is 0 Å². The minimum atomic E-state index is -4.66. The van der Waals surface area contributed by atoms with Crippen LogP contribution in [0.25, 0.3) is 0 Å². The van der Waals surface area contributed by atoms with E-state index in [9.17, 15) is 17.6 Å². The fourth-order valence-corrected chi connectivity index (χ4v) is 3.24. The van der Waals surface area contributed by atoms with Crippen molar-refractivity contribution in [3.8, 4) is 0 Å². The van der Waals surface area contributed by atoms with Crippen molar-refractivity contribution < 1.29 is 17.6 Å². The number of hydrogen-bond donors (Lipinski definition) is 1. The van der Waals surface area contributed by atoms with Crippen LogP contribution < -0.4 is 5.32 Å². The van der Waals surface area contributed by atoms with Crippen LogP contribution in [0.1, 0.15) is 41.9 Å². The van der Waals surface area contributed by atoms with E-state index in [0.717, 1.165) is 43.0 Å². The largest absolute Gasteiger partial charge is 0.419 e. The Morgan fingerprint density at radius 1 is 1.33 bits per heavy atom. The summed E-state index contributed by atoms with van der Waals surface area (Å²) in [7, 11) is 0. The lowest BCUT2D eigenvalue weighted by Gasteiger charge is -2.27. The number of nitrogens with zero attached hydrogens (tertiary/aromatic N) is 2. The average molecular weight is 341 g/mol. The van der Waals surface area contributed by atoms with Gasteiger partial charge in [-0.2, -0.15) is 13.2 Å². The molecule has 3 nitrogen and oxygen atoms in total. The molecule has 1 unspecified atom stereocenters. The molecule has 1 N–H and O–H groups in total. The van der Waals surface area contributed by atoms with Gasteiger partial charge in [-0.1, -0.05) is 13.0 Å². The topological polar surface area (TPSA) is 29.9 Å². The Labute approximate surface area is 137 Å². The zero-order valence-corrected chi connectivity index (χ0v) is 13.3. The van der Waals surface area contributed by atoms with Crippen LogP contribution in [0.5, 0.6) is 0 Å². The lowest BCUT2D eigenvalue weighted by Crippen LogP contribution is -2.33. The fourth-order valence-electron chi connectivity index (χ4n) is 3.24. The van der Waals surface area contributed by atoms with Crippen LogP contribution >= 0.6 is 0 Å². The number of alkyl halides is 3. The molecule has 0 saturated carbocycles. The predicted octanol–water partition coefficient (Wildman–Crippen LogP) is 3.88. The maximum absolute atomic E-state index is 13.7. The number of aryl methyl sites for hydroxylation is 2. The minimum Gasteiger partial charge on any atom is -0.332 e. The van der Waals surface area contributed by atoms with Gasteiger partial charge in [0, 0.05) is 19.1 Å². The summed E-state index contributed by atoms with van der Waals surface area (Å²) >= 11 is 0. The van der Waals surface area contributed by atoms with Crippen LogP contribution in [-0.4, -0.2) is 16.1 Å². The van der Waals surface area contributed by atoms with Gasteiger partial charge in [-0.25, -0.2) is 9.37 Å². The summed E-state index contributed by atoms with van der Waals surface area (Å²) in [6.07, 6.45) is -0.810. The van der Waals surface area contributed by atoms with Crippen LogP contribution in [0.4, 0.5) is 17.6 Å². The number of halogens is 4. The monoisotopic (exact) mass is 341 g/mol. The van der Waals surface area contributed by atoms with Crippen molar-refractivity contribution >= 4 is 0 Å². The molecule has 0 fully saturated rings. The van der Waals surface area contributed by atoms with Gasteiger partial charge in [0.25, 0.3) is 0 Å². The van der Waals surface area contributed by atoms with Crippen LogP contribution in [-0.2, 0) is 25.6 Å². The molecule has 24 heavy (non-hydrogen) atoms. The number of nitrogens with one attached hydrogen (secondary N) is 1. The predicted molar refractivity (Wildman–Crippen MR) is 82.1 cm³/mol. The van der Waals surface area contributed by atoms with Gasteiger partial charge < -0.3 is 9.88 Å². The van der Waals surface area contributed by atoms with E-state index >= 15 is 0 Å². The highest BCUT2D eigenvalue weighted by molar-refractivity contribution is 5.27. The van der Waals surface area contributed by atoms with E-state index in [0.29, 0.717) is 18.4 Å². The smallest absolute Gasteiger partial charge is 0.332 e. The summed E-state index contributed by atoms with van der Waals surface area (Å²) in [5, 5.41) is 3.42. The molecule has 2 aromatic rings. The molecule has 2 heterocycles. The Hall–Kier alpha value is -1.89. The summed E-state index contributed by atoms with van der Waals surface area (Å²) in [4.78, 5) is 4.41. The van der Waals surface area contributed by atoms with Gasteiger partial charge >= 0.3 is 6.18 Å². The van der Waals surface area contributed by atoms with Crippen LogP contribution in [0.3, 0.4) is 0 Å². The van der Waals surface area contributed by atoms with E-state index in [-0.39, 0.29) is 6.04 Å². The molecule has 0 amide bonds. The van der Waals surface area contributed by atoms with Crippen molar-refractivity contribution in [3.05, 3.63) is 52.9 Å². The third-order valence-electron chi connectivity index (χ3n) is 4.43. The summed E-state index contributed by atoms with van der Waals surface area (Å²) in [6, 6.07) is 3.25. The molecule has 1 atom stereocenters. The standard InChI is InChI=1S/C17H19F4N3/c1-2-14-16-15(22-7-8-24(16)10-23-14)6-4-11-3-5-12(13(18)9-11)17(19,20)21/h3,5,9-10,15,22H,2,4,6-8H2,1H3. The summed E-state index contributed by atoms with van der Waals surface area (Å²) in [5.74, 6) is -1.21. The van der Waals surface area contributed by atoms with E-state index in [1.54, 1.807) is 0 Å². The minimum absolute atomic E-state index is 0.0848. The molecule has 1 aromatic heterocycles. The van der Waals surface area contributed by atoms with E-state index in [1.807, 2.05) is 13.3 Å². The third kappa shape index (κ3) is 3.31. The van der Waals surface area contributed by atoms with E-state index < -0.39 is 17.6 Å². The van der Waals surface area contributed by atoms with Crippen molar-refractivity contribution in [2.75, 3.05) is 6.54 Å². The number of aromatic nitrogens is 2. The second-order valence-electron chi connectivity index (χ2n) is 5.98.